The fourth-order valence-electron chi connectivity index (χ4n) is 3.43. The fourth-order valence-corrected chi connectivity index (χ4v) is 4.02. The van der Waals surface area contributed by atoms with Crippen LogP contribution < -0.4 is 5.01 Å². The van der Waals surface area contributed by atoms with Crippen molar-refractivity contribution in [3.63, 3.8) is 0 Å². The van der Waals surface area contributed by atoms with Crippen molar-refractivity contribution in [3.8, 4) is 0 Å². The zero-order valence-corrected chi connectivity index (χ0v) is 16.3. The van der Waals surface area contributed by atoms with E-state index in [4.69, 9.17) is 23.2 Å². The first kappa shape index (κ1) is 18.6. The zero-order chi connectivity index (χ0) is 20.0. The number of hydrogen-bond acceptors (Lipinski definition) is 3. The number of carbonyl (C=O) groups excluding carboxylic acids is 1. The van der Waals surface area contributed by atoms with E-state index in [1.54, 1.807) is 35.3 Å². The van der Waals surface area contributed by atoms with Crippen LogP contribution in [-0.4, -0.2) is 40.6 Å². The van der Waals surface area contributed by atoms with Gasteiger partial charge < -0.3 is 10.1 Å². The molecule has 1 fully saturated rings. The Kier molecular flexibility index (Phi) is 4.63. The highest BCUT2D eigenvalue weighted by atomic mass is 35.5. The van der Waals surface area contributed by atoms with Gasteiger partial charge in [-0.15, -0.1) is 0 Å². The van der Waals surface area contributed by atoms with Crippen molar-refractivity contribution in [1.29, 1.82) is 0 Å². The van der Waals surface area contributed by atoms with Gasteiger partial charge in [-0.25, -0.2) is 14.8 Å². The third-order valence-electron chi connectivity index (χ3n) is 4.59. The Bertz CT molecular complexity index is 1140. The summed E-state index contributed by atoms with van der Waals surface area (Å²) in [6.45, 7) is 0.338. The van der Waals surface area contributed by atoms with Gasteiger partial charge in [0, 0.05) is 40.7 Å². The number of para-hydroxylation sites is 1. The molecule has 0 spiro atoms. The van der Waals surface area contributed by atoms with Crippen molar-refractivity contribution in [1.82, 2.24) is 9.99 Å². The summed E-state index contributed by atoms with van der Waals surface area (Å²) >= 11 is 12.4. The number of likely N-dealkylation sites (N-methyl/N-ethyl adjacent to an activating group) is 1. The summed E-state index contributed by atoms with van der Waals surface area (Å²) in [6, 6.07) is 12.4. The second-order valence-corrected chi connectivity index (χ2v) is 7.31. The van der Waals surface area contributed by atoms with Crippen LogP contribution in [0.1, 0.15) is 16.1 Å². The van der Waals surface area contributed by atoms with Crippen LogP contribution in [0.4, 0.5) is 5.69 Å². The van der Waals surface area contributed by atoms with Crippen molar-refractivity contribution in [2.75, 3.05) is 18.6 Å². The van der Waals surface area contributed by atoms with Gasteiger partial charge in [0.1, 0.15) is 5.69 Å². The molecule has 2 N–H and O–H groups in total. The maximum atomic E-state index is 13.0. The lowest BCUT2D eigenvalue weighted by atomic mass is 10.1. The van der Waals surface area contributed by atoms with E-state index in [1.165, 1.54) is 0 Å². The lowest BCUT2D eigenvalue weighted by Crippen LogP contribution is -2.35. The normalized spacial score (nSPS) is 16.5. The summed E-state index contributed by atoms with van der Waals surface area (Å²) in [7, 11) is 1.80. The van der Waals surface area contributed by atoms with E-state index < -0.39 is 5.97 Å². The van der Waals surface area contributed by atoms with Crippen LogP contribution in [0.3, 0.4) is 0 Å². The molecule has 0 bridgehead atoms. The van der Waals surface area contributed by atoms with Crippen molar-refractivity contribution in [2.45, 2.75) is 0 Å². The molecule has 0 radical (unpaired) electrons. The molecule has 2 aromatic carbocycles. The summed E-state index contributed by atoms with van der Waals surface area (Å²) in [5, 5.41) is 14.2. The number of aromatic nitrogens is 1. The Morgan fingerprint density at radius 2 is 1.93 bits per heavy atom. The predicted octanol–water partition coefficient (Wildman–Crippen LogP) is 4.45. The van der Waals surface area contributed by atoms with Gasteiger partial charge in [-0.1, -0.05) is 41.4 Å². The van der Waals surface area contributed by atoms with Crippen LogP contribution in [0.2, 0.25) is 10.0 Å². The minimum Gasteiger partial charge on any atom is -0.477 e. The van der Waals surface area contributed by atoms with E-state index in [9.17, 15) is 14.7 Å². The standard InChI is InChI=1S/C20H15Cl2N3O3/c1-24-10-11(19(26)25(24)13-5-3-2-4-6-13)7-14-17-15(22)8-12(21)9-16(17)23-18(14)20(27)28/h2-9,23H,10H2,1H3,(H,27,28)/b11-7+. The molecule has 1 amide bonds. The van der Waals surface area contributed by atoms with Gasteiger partial charge in [0.2, 0.25) is 0 Å². The number of aromatic carboxylic acids is 1. The Morgan fingerprint density at radius 1 is 1.21 bits per heavy atom. The van der Waals surface area contributed by atoms with Gasteiger partial charge in [0.25, 0.3) is 5.91 Å². The molecule has 1 saturated heterocycles. The quantitative estimate of drug-likeness (QED) is 0.619. The molecule has 3 aromatic rings. The molecule has 1 aromatic heterocycles. The summed E-state index contributed by atoms with van der Waals surface area (Å²) < 4.78 is 0. The Hall–Kier alpha value is -2.80. The van der Waals surface area contributed by atoms with Crippen LogP contribution in [0.15, 0.2) is 48.0 Å². The minimum atomic E-state index is -1.14. The van der Waals surface area contributed by atoms with E-state index >= 15 is 0 Å². The molecular weight excluding hydrogens is 401 g/mol. The number of hydrogen-bond donors (Lipinski definition) is 2. The molecule has 0 saturated carbocycles. The first-order chi connectivity index (χ1) is 13.4. The second kappa shape index (κ2) is 6.98. The molecule has 6 nitrogen and oxygen atoms in total. The lowest BCUT2D eigenvalue weighted by molar-refractivity contribution is -0.115. The zero-order valence-electron chi connectivity index (χ0n) is 14.7. The molecule has 1 aliphatic heterocycles. The van der Waals surface area contributed by atoms with Crippen molar-refractivity contribution in [3.05, 3.63) is 69.3 Å². The fraction of sp³-hybridized carbons (Fsp3) is 0.100. The number of carbonyl (C=O) groups is 2. The Morgan fingerprint density at radius 3 is 2.61 bits per heavy atom. The number of carboxylic acid groups (broad SMARTS) is 1. The Balaban J connectivity index is 1.85. The number of amides is 1. The van der Waals surface area contributed by atoms with E-state index in [1.807, 2.05) is 30.3 Å². The third kappa shape index (κ3) is 3.05. The molecule has 4 rings (SSSR count). The molecule has 0 atom stereocenters. The summed E-state index contributed by atoms with van der Waals surface area (Å²) in [6.07, 6.45) is 1.59. The number of benzene rings is 2. The molecule has 1 aliphatic rings. The number of nitrogens with zero attached hydrogens (tertiary/aromatic N) is 2. The lowest BCUT2D eigenvalue weighted by Gasteiger charge is -2.23. The van der Waals surface area contributed by atoms with Crippen LogP contribution in [0.25, 0.3) is 17.0 Å². The molecule has 142 valence electrons. The molecular formula is C20H15Cl2N3O3. The van der Waals surface area contributed by atoms with Crippen LogP contribution in [0, 0.1) is 0 Å². The number of H-pyrrole nitrogens is 1. The van der Waals surface area contributed by atoms with E-state index in [0.29, 0.717) is 38.6 Å². The van der Waals surface area contributed by atoms with Gasteiger partial charge >= 0.3 is 5.97 Å². The van der Waals surface area contributed by atoms with Gasteiger partial charge in [0.15, 0.2) is 0 Å². The minimum absolute atomic E-state index is 0.0414. The largest absolute Gasteiger partial charge is 0.477 e. The summed E-state index contributed by atoms with van der Waals surface area (Å²) in [5.74, 6) is -1.36. The first-order valence-corrected chi connectivity index (χ1v) is 9.17. The third-order valence-corrected chi connectivity index (χ3v) is 5.11. The van der Waals surface area contributed by atoms with Gasteiger partial charge in [-0.2, -0.15) is 0 Å². The number of rotatable bonds is 3. The van der Waals surface area contributed by atoms with Crippen LogP contribution >= 0.6 is 23.2 Å². The predicted molar refractivity (Wildman–Crippen MR) is 110 cm³/mol. The number of nitrogens with one attached hydrogen (secondary N) is 1. The Labute approximate surface area is 170 Å². The van der Waals surface area contributed by atoms with Gasteiger partial charge in [-0.05, 0) is 30.3 Å². The summed E-state index contributed by atoms with van der Waals surface area (Å²) in [5.41, 5.74) is 2.01. The maximum absolute atomic E-state index is 13.0. The highest BCUT2D eigenvalue weighted by molar-refractivity contribution is 6.39. The topological polar surface area (TPSA) is 76.6 Å². The SMILES string of the molecule is CN1C/C(=C\c2c(C(=O)O)[nH]c3cc(Cl)cc(Cl)c23)C(=O)N1c1ccccc1. The average Bonchev–Trinajstić information content (AvgIpc) is 3.13. The molecule has 2 heterocycles. The second-order valence-electron chi connectivity index (χ2n) is 6.47. The number of aromatic amines is 1. The van der Waals surface area contributed by atoms with Gasteiger partial charge in [0.05, 0.1) is 10.7 Å². The molecule has 0 unspecified atom stereocenters. The summed E-state index contributed by atoms with van der Waals surface area (Å²) in [4.78, 5) is 27.6. The molecule has 8 heteroatoms. The van der Waals surface area contributed by atoms with Crippen molar-refractivity contribution in [2.24, 2.45) is 0 Å². The number of carboxylic acids is 1. The van der Waals surface area contributed by atoms with Crippen LogP contribution in [-0.2, 0) is 4.79 Å². The van der Waals surface area contributed by atoms with E-state index in [-0.39, 0.29) is 11.6 Å². The average molecular weight is 416 g/mol. The van der Waals surface area contributed by atoms with Crippen molar-refractivity contribution < 1.29 is 14.7 Å². The molecule has 28 heavy (non-hydrogen) atoms. The highest BCUT2D eigenvalue weighted by Gasteiger charge is 2.33. The number of fused-ring (bicyclic) bond motifs is 1. The smallest absolute Gasteiger partial charge is 0.352 e. The van der Waals surface area contributed by atoms with Crippen LogP contribution in [0.5, 0.6) is 0 Å². The van der Waals surface area contributed by atoms with E-state index in [2.05, 4.69) is 4.98 Å². The highest BCUT2D eigenvalue weighted by Crippen LogP contribution is 2.35. The number of halogens is 2. The molecule has 0 aliphatic carbocycles. The first-order valence-electron chi connectivity index (χ1n) is 8.42. The van der Waals surface area contributed by atoms with E-state index in [0.717, 1.165) is 5.69 Å². The number of hydrazine groups is 1. The van der Waals surface area contributed by atoms with Gasteiger partial charge in [-0.3, -0.25) is 4.79 Å². The monoisotopic (exact) mass is 415 g/mol. The van der Waals surface area contributed by atoms with Crippen molar-refractivity contribution >= 4 is 57.7 Å². The maximum Gasteiger partial charge on any atom is 0.352 e. The number of anilines is 1.